The van der Waals surface area contributed by atoms with E-state index >= 15 is 0 Å². The standard InChI is InChI=1S/C23H38/c1-2-3-4-5-6-7-8-9-10-11-12-13-14-15-16-17-20-23-21-18-19-22-23/h9-10,18-19,21H,2-8,11-17,20H2,1H3/b10-9-. The molecule has 0 amide bonds. The van der Waals surface area contributed by atoms with Gasteiger partial charge >= 0.3 is 0 Å². The number of rotatable bonds is 16. The highest BCUT2D eigenvalue weighted by Gasteiger charge is 1.95. The van der Waals surface area contributed by atoms with Crippen molar-refractivity contribution in [2.75, 3.05) is 0 Å². The molecule has 1 aliphatic rings. The van der Waals surface area contributed by atoms with Crippen LogP contribution in [0.2, 0.25) is 0 Å². The molecule has 0 aromatic heterocycles. The van der Waals surface area contributed by atoms with E-state index in [9.17, 15) is 0 Å². The molecule has 1 rings (SSSR count). The Morgan fingerprint density at radius 2 is 1.30 bits per heavy atom. The van der Waals surface area contributed by atoms with Gasteiger partial charge in [0.2, 0.25) is 0 Å². The normalized spacial score (nSPS) is 13.3. The Labute approximate surface area is 145 Å². The van der Waals surface area contributed by atoms with Crippen molar-refractivity contribution in [1.29, 1.82) is 0 Å². The number of hydrogen-bond acceptors (Lipinski definition) is 0. The number of hydrogen-bond donors (Lipinski definition) is 0. The first kappa shape index (κ1) is 20.0. The lowest BCUT2D eigenvalue weighted by Gasteiger charge is -2.01. The van der Waals surface area contributed by atoms with E-state index < -0.39 is 0 Å². The zero-order valence-corrected chi connectivity index (χ0v) is 15.5. The predicted octanol–water partition coefficient (Wildman–Crippen LogP) is 8.07. The van der Waals surface area contributed by atoms with Crippen LogP contribution in [-0.2, 0) is 0 Å². The summed E-state index contributed by atoms with van der Waals surface area (Å²) in [5, 5.41) is 0. The lowest BCUT2D eigenvalue weighted by atomic mass is 10.1. The fourth-order valence-electron chi connectivity index (χ4n) is 3.09. The minimum Gasteiger partial charge on any atom is -0.117 e. The Kier molecular flexibility index (Phi) is 13.8. The molecule has 0 N–H and O–H groups in total. The van der Waals surface area contributed by atoms with E-state index in [1.165, 1.54) is 102 Å². The van der Waals surface area contributed by atoms with Crippen LogP contribution >= 0.6 is 0 Å². The van der Waals surface area contributed by atoms with E-state index in [1.807, 2.05) is 6.08 Å². The smallest absolute Gasteiger partial charge is 0.00601 e. The van der Waals surface area contributed by atoms with Crippen molar-refractivity contribution in [1.82, 2.24) is 0 Å². The first-order chi connectivity index (χ1) is 11.4. The average molecular weight is 315 g/mol. The van der Waals surface area contributed by atoms with Crippen LogP contribution in [0.25, 0.3) is 0 Å². The van der Waals surface area contributed by atoms with Crippen molar-refractivity contribution in [2.45, 2.75) is 103 Å². The molecule has 0 aliphatic heterocycles. The van der Waals surface area contributed by atoms with Crippen LogP contribution < -0.4 is 0 Å². The maximum Gasteiger partial charge on any atom is -0.00601 e. The summed E-state index contributed by atoms with van der Waals surface area (Å²) in [6.07, 6.45) is 31.7. The minimum absolute atomic E-state index is 1.22. The van der Waals surface area contributed by atoms with Gasteiger partial charge < -0.3 is 0 Å². The van der Waals surface area contributed by atoms with Crippen LogP contribution in [0, 0.1) is 0 Å². The van der Waals surface area contributed by atoms with Crippen molar-refractivity contribution < 1.29 is 0 Å². The molecule has 0 atom stereocenters. The van der Waals surface area contributed by atoms with E-state index in [4.69, 9.17) is 0 Å². The summed E-state index contributed by atoms with van der Waals surface area (Å²) in [7, 11) is 0. The van der Waals surface area contributed by atoms with E-state index in [0.717, 1.165) is 0 Å². The van der Waals surface area contributed by atoms with Gasteiger partial charge in [-0.3, -0.25) is 0 Å². The highest BCUT2D eigenvalue weighted by Crippen LogP contribution is 2.14. The molecule has 1 aliphatic carbocycles. The van der Waals surface area contributed by atoms with Crippen LogP contribution in [-0.4, -0.2) is 0 Å². The summed E-state index contributed by atoms with van der Waals surface area (Å²) < 4.78 is 0. The molecule has 0 aromatic carbocycles. The largest absolute Gasteiger partial charge is 0.117 e. The summed E-state index contributed by atoms with van der Waals surface area (Å²) in [6.45, 7) is 2.28. The van der Waals surface area contributed by atoms with E-state index in [1.54, 1.807) is 0 Å². The van der Waals surface area contributed by atoms with Gasteiger partial charge in [-0.25, -0.2) is 0 Å². The summed E-state index contributed by atoms with van der Waals surface area (Å²) in [5.74, 6) is 0. The molecule has 0 heterocycles. The third-order valence-corrected chi connectivity index (χ3v) is 4.62. The zero-order chi connectivity index (χ0) is 16.4. The Morgan fingerprint density at radius 3 is 1.87 bits per heavy atom. The topological polar surface area (TPSA) is 0 Å². The second kappa shape index (κ2) is 15.9. The summed E-state index contributed by atoms with van der Waals surface area (Å²) in [5.41, 5.74) is 4.67. The maximum atomic E-state index is 3.28. The molecule has 0 bridgehead atoms. The summed E-state index contributed by atoms with van der Waals surface area (Å²) in [6, 6.07) is 0. The van der Waals surface area contributed by atoms with Crippen molar-refractivity contribution >= 4 is 0 Å². The molecule has 0 fully saturated rings. The molecule has 130 valence electrons. The lowest BCUT2D eigenvalue weighted by molar-refractivity contribution is 0.596. The Balaban J connectivity index is 1.73. The van der Waals surface area contributed by atoms with Gasteiger partial charge in [-0.1, -0.05) is 89.0 Å². The average Bonchev–Trinajstić information content (AvgIpc) is 3.08. The summed E-state index contributed by atoms with van der Waals surface area (Å²) >= 11 is 0. The zero-order valence-electron chi connectivity index (χ0n) is 15.5. The minimum atomic E-state index is 1.22. The third kappa shape index (κ3) is 13.2. The summed E-state index contributed by atoms with van der Waals surface area (Å²) in [4.78, 5) is 0. The Hall–Kier alpha value is -1.00. The van der Waals surface area contributed by atoms with E-state index in [2.05, 4.69) is 37.0 Å². The van der Waals surface area contributed by atoms with E-state index in [-0.39, 0.29) is 0 Å². The Morgan fingerprint density at radius 1 is 0.739 bits per heavy atom. The molecule has 0 saturated carbocycles. The monoisotopic (exact) mass is 314 g/mol. The van der Waals surface area contributed by atoms with Crippen molar-refractivity contribution in [3.8, 4) is 0 Å². The number of allylic oxidation sites excluding steroid dienone is 5. The van der Waals surface area contributed by atoms with Crippen LogP contribution in [0.3, 0.4) is 0 Å². The first-order valence-electron chi connectivity index (χ1n) is 10.2. The van der Waals surface area contributed by atoms with Gasteiger partial charge in [-0.05, 0) is 50.2 Å². The fraction of sp³-hybridized carbons (Fsp3) is 0.696. The van der Waals surface area contributed by atoms with Crippen molar-refractivity contribution in [3.63, 3.8) is 0 Å². The molecule has 0 heteroatoms. The van der Waals surface area contributed by atoms with Crippen molar-refractivity contribution in [3.05, 3.63) is 41.7 Å². The van der Waals surface area contributed by atoms with Gasteiger partial charge in [0.05, 0.1) is 0 Å². The lowest BCUT2D eigenvalue weighted by Crippen LogP contribution is -1.81. The van der Waals surface area contributed by atoms with Gasteiger partial charge in [0, 0.05) is 0 Å². The Bertz CT molecular complexity index is 377. The van der Waals surface area contributed by atoms with Crippen LogP contribution in [0.4, 0.5) is 0 Å². The maximum absolute atomic E-state index is 3.28. The van der Waals surface area contributed by atoms with E-state index in [0.29, 0.717) is 0 Å². The van der Waals surface area contributed by atoms with Crippen LogP contribution in [0.5, 0.6) is 0 Å². The second-order valence-corrected chi connectivity index (χ2v) is 6.88. The SMILES string of the molecule is CCCCCCCC/C=C\CCCCCCCCC1=C=CC=C1. The molecule has 0 saturated heterocycles. The molecule has 23 heavy (non-hydrogen) atoms. The van der Waals surface area contributed by atoms with Gasteiger partial charge in [-0.2, -0.15) is 0 Å². The van der Waals surface area contributed by atoms with Crippen LogP contribution in [0.1, 0.15) is 103 Å². The third-order valence-electron chi connectivity index (χ3n) is 4.62. The highest BCUT2D eigenvalue weighted by molar-refractivity contribution is 5.28. The molecule has 0 nitrogen and oxygen atoms in total. The van der Waals surface area contributed by atoms with Gasteiger partial charge in [-0.15, -0.1) is 5.73 Å². The van der Waals surface area contributed by atoms with Gasteiger partial charge in [0.25, 0.3) is 0 Å². The predicted molar refractivity (Wildman–Crippen MR) is 105 cm³/mol. The second-order valence-electron chi connectivity index (χ2n) is 6.88. The molecule has 0 spiro atoms. The molecule has 0 radical (unpaired) electrons. The molecule has 0 unspecified atom stereocenters. The number of unbranched alkanes of at least 4 members (excludes halogenated alkanes) is 12. The molecular formula is C23H38. The molecular weight excluding hydrogens is 276 g/mol. The quantitative estimate of drug-likeness (QED) is 0.153. The molecule has 0 aromatic rings. The van der Waals surface area contributed by atoms with Gasteiger partial charge in [0.1, 0.15) is 0 Å². The van der Waals surface area contributed by atoms with Crippen LogP contribution in [0.15, 0.2) is 41.7 Å². The highest BCUT2D eigenvalue weighted by atomic mass is 14.0. The van der Waals surface area contributed by atoms with Crippen molar-refractivity contribution in [2.24, 2.45) is 0 Å². The van der Waals surface area contributed by atoms with Gasteiger partial charge in [0.15, 0.2) is 0 Å². The fourth-order valence-corrected chi connectivity index (χ4v) is 3.09. The first-order valence-corrected chi connectivity index (χ1v) is 10.2.